The molecule has 0 radical (unpaired) electrons. The van der Waals surface area contributed by atoms with Crippen LogP contribution in [0.5, 0.6) is 5.75 Å². The number of fused-ring (bicyclic) bond motifs is 1. The second-order valence-electron chi connectivity index (χ2n) is 13.1. The third kappa shape index (κ3) is 11.9. The van der Waals surface area contributed by atoms with E-state index >= 15 is 0 Å². The summed E-state index contributed by atoms with van der Waals surface area (Å²) >= 11 is 0. The first-order valence-electron chi connectivity index (χ1n) is 16.9. The summed E-state index contributed by atoms with van der Waals surface area (Å²) in [5.41, 5.74) is 12.4. The summed E-state index contributed by atoms with van der Waals surface area (Å²) in [6.45, 7) is 4.32. The number of hydrogen-bond donors (Lipinski definition) is 8. The molecule has 6 atom stereocenters. The predicted octanol–water partition coefficient (Wildman–Crippen LogP) is -0.198. The summed E-state index contributed by atoms with van der Waals surface area (Å²) in [6, 6.07) is -0.470. The molecule has 0 aliphatic carbocycles. The lowest BCUT2D eigenvalue weighted by molar-refractivity contribution is -0.143. The van der Waals surface area contributed by atoms with Crippen LogP contribution in [0.1, 0.15) is 70.8 Å². The number of benzene rings is 1. The summed E-state index contributed by atoms with van der Waals surface area (Å²) in [6.07, 6.45) is 5.60. The highest BCUT2D eigenvalue weighted by Gasteiger charge is 2.39. The monoisotopic (exact) mass is 685 g/mol. The zero-order valence-electron chi connectivity index (χ0n) is 28.2. The van der Waals surface area contributed by atoms with Crippen molar-refractivity contribution in [3.05, 3.63) is 42.0 Å². The van der Waals surface area contributed by atoms with Gasteiger partial charge in [-0.1, -0.05) is 38.1 Å². The molecule has 3 rings (SSSR count). The number of amides is 5. The number of carboxylic acid groups (broad SMARTS) is 1. The van der Waals surface area contributed by atoms with Crippen molar-refractivity contribution in [3.8, 4) is 5.75 Å². The maximum absolute atomic E-state index is 13.9. The molecule has 1 aromatic rings. The van der Waals surface area contributed by atoms with Crippen molar-refractivity contribution < 1.29 is 39.0 Å². The van der Waals surface area contributed by atoms with Crippen molar-refractivity contribution >= 4 is 35.5 Å². The largest absolute Gasteiger partial charge is 0.508 e. The molecule has 0 saturated carbocycles. The molecular weight excluding hydrogens is 634 g/mol. The highest BCUT2D eigenvalue weighted by Crippen LogP contribution is 2.21. The summed E-state index contributed by atoms with van der Waals surface area (Å²) in [7, 11) is 0. The van der Waals surface area contributed by atoms with E-state index in [1.807, 2.05) is 13.8 Å². The molecule has 0 aromatic heterocycles. The summed E-state index contributed by atoms with van der Waals surface area (Å²) in [5, 5.41) is 30.2. The molecule has 0 unspecified atom stereocenters. The third-order valence-electron chi connectivity index (χ3n) is 8.63. The van der Waals surface area contributed by atoms with Crippen molar-refractivity contribution in [1.82, 2.24) is 26.2 Å². The van der Waals surface area contributed by atoms with Gasteiger partial charge in [-0.2, -0.15) is 0 Å². The lowest BCUT2D eigenvalue weighted by Gasteiger charge is -2.30. The second-order valence-corrected chi connectivity index (χ2v) is 13.1. The van der Waals surface area contributed by atoms with Gasteiger partial charge in [0, 0.05) is 13.0 Å². The van der Waals surface area contributed by atoms with Gasteiger partial charge in [0.25, 0.3) is 0 Å². The van der Waals surface area contributed by atoms with Gasteiger partial charge in [0.1, 0.15) is 36.0 Å². The molecule has 2 aliphatic heterocycles. The van der Waals surface area contributed by atoms with Gasteiger partial charge < -0.3 is 47.8 Å². The Morgan fingerprint density at radius 3 is 2.29 bits per heavy atom. The Hall–Kier alpha value is -4.50. The Kier molecular flexibility index (Phi) is 15.0. The topological polar surface area (TPSA) is 246 Å². The van der Waals surface area contributed by atoms with Gasteiger partial charge in [0.2, 0.25) is 29.5 Å². The van der Waals surface area contributed by atoms with E-state index in [1.165, 1.54) is 17.0 Å². The molecule has 2 heterocycles. The molecule has 270 valence electrons. The minimum Gasteiger partial charge on any atom is -0.508 e. The van der Waals surface area contributed by atoms with Crippen LogP contribution in [0.25, 0.3) is 0 Å². The van der Waals surface area contributed by atoms with E-state index in [0.717, 1.165) is 0 Å². The quantitative estimate of drug-likeness (QED) is 0.113. The number of unbranched alkanes of at least 4 members (excludes halogenated alkanes) is 1. The summed E-state index contributed by atoms with van der Waals surface area (Å²) in [4.78, 5) is 81.4. The first-order valence-corrected chi connectivity index (χ1v) is 16.9. The number of carbonyl (C=O) groups is 6. The minimum absolute atomic E-state index is 0.0111. The minimum atomic E-state index is -1.24. The number of nitrogens with one attached hydrogen (secondary N) is 4. The number of nitrogens with two attached hydrogens (primary N) is 2. The molecule has 15 heteroatoms. The fraction of sp³-hybridized carbons (Fsp3) is 0.588. The number of aromatic hydroxyl groups is 1. The van der Waals surface area contributed by atoms with Crippen molar-refractivity contribution in [1.29, 1.82) is 0 Å². The molecular formula is C34H51N7O8. The Bertz CT molecular complexity index is 1350. The number of phenols is 1. The van der Waals surface area contributed by atoms with E-state index < -0.39 is 71.8 Å². The smallest absolute Gasteiger partial charge is 0.326 e. The lowest BCUT2D eigenvalue weighted by Crippen LogP contribution is -2.59. The average Bonchev–Trinajstić information content (AvgIpc) is 3.55. The predicted molar refractivity (Wildman–Crippen MR) is 181 cm³/mol. The van der Waals surface area contributed by atoms with Crippen LogP contribution in [0.2, 0.25) is 0 Å². The van der Waals surface area contributed by atoms with Gasteiger partial charge in [-0.3, -0.25) is 24.0 Å². The normalized spacial score (nSPS) is 24.8. The molecule has 2 aliphatic rings. The number of carbonyl (C=O) groups excluding carboxylic acids is 5. The summed E-state index contributed by atoms with van der Waals surface area (Å²) in [5.74, 6) is -4.28. The van der Waals surface area contributed by atoms with E-state index in [1.54, 1.807) is 24.3 Å². The number of hydrogen-bond acceptors (Lipinski definition) is 9. The first-order chi connectivity index (χ1) is 23.3. The molecule has 15 nitrogen and oxygen atoms in total. The zero-order chi connectivity index (χ0) is 36.1. The van der Waals surface area contributed by atoms with Crippen LogP contribution in [0.4, 0.5) is 0 Å². The molecule has 0 spiro atoms. The van der Waals surface area contributed by atoms with Crippen LogP contribution in [-0.2, 0) is 35.2 Å². The maximum Gasteiger partial charge on any atom is 0.326 e. The molecule has 1 aromatic carbocycles. The Labute approximate surface area is 286 Å². The highest BCUT2D eigenvalue weighted by atomic mass is 16.4. The molecule has 5 amide bonds. The van der Waals surface area contributed by atoms with Crippen LogP contribution in [-0.4, -0.2) is 100.0 Å². The fourth-order valence-electron chi connectivity index (χ4n) is 5.93. The van der Waals surface area contributed by atoms with Gasteiger partial charge in [-0.05, 0) is 81.5 Å². The zero-order valence-corrected chi connectivity index (χ0v) is 28.2. The van der Waals surface area contributed by atoms with Gasteiger partial charge in [-0.15, -0.1) is 0 Å². The number of phenolic OH excluding ortho intramolecular Hbond substituents is 1. The summed E-state index contributed by atoms with van der Waals surface area (Å²) < 4.78 is 0. The van der Waals surface area contributed by atoms with E-state index in [4.69, 9.17) is 11.5 Å². The third-order valence-corrected chi connectivity index (χ3v) is 8.63. The molecule has 49 heavy (non-hydrogen) atoms. The molecule has 1 fully saturated rings. The average molecular weight is 686 g/mol. The van der Waals surface area contributed by atoms with E-state index in [0.29, 0.717) is 44.2 Å². The maximum atomic E-state index is 13.9. The van der Waals surface area contributed by atoms with Gasteiger partial charge >= 0.3 is 5.97 Å². The Balaban J connectivity index is 1.99. The Morgan fingerprint density at radius 2 is 1.63 bits per heavy atom. The van der Waals surface area contributed by atoms with E-state index in [2.05, 4.69) is 21.3 Å². The van der Waals surface area contributed by atoms with Gasteiger partial charge in [-0.25, -0.2) is 4.79 Å². The van der Waals surface area contributed by atoms with Crippen molar-refractivity contribution in [2.45, 2.75) is 108 Å². The van der Waals surface area contributed by atoms with Gasteiger partial charge in [0.15, 0.2) is 0 Å². The highest BCUT2D eigenvalue weighted by molar-refractivity contribution is 5.96. The van der Waals surface area contributed by atoms with E-state index in [9.17, 15) is 39.0 Å². The van der Waals surface area contributed by atoms with E-state index in [-0.39, 0.29) is 43.9 Å². The molecule has 0 bridgehead atoms. The number of nitrogens with zero attached hydrogens (tertiary/aromatic N) is 1. The number of carboxylic acids is 1. The second kappa shape index (κ2) is 18.9. The van der Waals surface area contributed by atoms with Crippen LogP contribution in [0.15, 0.2) is 36.4 Å². The van der Waals surface area contributed by atoms with Crippen molar-refractivity contribution in [2.24, 2.45) is 17.4 Å². The fourth-order valence-corrected chi connectivity index (χ4v) is 5.93. The van der Waals surface area contributed by atoms with Crippen LogP contribution in [0.3, 0.4) is 0 Å². The lowest BCUT2D eigenvalue weighted by atomic mass is 10.0. The Morgan fingerprint density at radius 1 is 0.959 bits per heavy atom. The van der Waals surface area contributed by atoms with Crippen LogP contribution in [0, 0.1) is 5.92 Å². The van der Waals surface area contributed by atoms with Crippen molar-refractivity contribution in [3.63, 3.8) is 0 Å². The van der Waals surface area contributed by atoms with Crippen LogP contribution < -0.4 is 32.7 Å². The van der Waals surface area contributed by atoms with Gasteiger partial charge in [0.05, 0.1) is 6.04 Å². The first kappa shape index (κ1) is 38.9. The molecule has 1 saturated heterocycles. The van der Waals surface area contributed by atoms with Crippen molar-refractivity contribution in [2.75, 3.05) is 13.1 Å². The SMILES string of the molecule is CC(C)C[C@H](NC(=O)[C@@H]1CC=CC[C@@H](N)C(=O)N[C@@H](CCCCN)C(=O)N2CCC[C@H]2C(=O)N[C@@H](Cc2ccc(O)cc2)C(=O)N1)C(=O)O. The molecule has 10 N–H and O–H groups in total. The standard InChI is InChI=1S/C34H51N7O8/c1-20(2)18-27(34(48)49)40-30(44)24-9-4-3-8-23(36)29(43)38-25(10-5-6-16-35)33(47)41-17-7-11-28(41)32(46)39-26(31(45)37-24)19-21-12-14-22(42)15-13-21/h3-4,12-15,20,23-28,42H,5-11,16-19,35-36H2,1-2H3,(H,37,45)(H,38,43)(H,39,46)(H,40,44)(H,48,49)/t23-,24+,25+,26+,27+,28+/m1/s1. The number of rotatable bonds is 11. The number of aliphatic carboxylic acids is 1. The van der Waals surface area contributed by atoms with Crippen LogP contribution >= 0.6 is 0 Å².